The molecule has 60 valence electrons. The molecule has 1 heterocycles. The van der Waals surface area contributed by atoms with Crippen LogP contribution in [-0.4, -0.2) is 11.0 Å². The van der Waals surface area contributed by atoms with E-state index in [1.807, 2.05) is 6.92 Å². The van der Waals surface area contributed by atoms with Crippen LogP contribution in [0.1, 0.15) is 16.9 Å². The molecule has 0 radical (unpaired) electrons. The molecule has 0 aromatic carbocycles. The zero-order valence-electron chi connectivity index (χ0n) is 6.46. The van der Waals surface area contributed by atoms with Crippen molar-refractivity contribution in [3.63, 3.8) is 0 Å². The van der Waals surface area contributed by atoms with Gasteiger partial charge in [-0.25, -0.2) is 0 Å². The molecule has 0 saturated carbocycles. The second-order valence-corrected chi connectivity index (χ2v) is 2.34. The molecule has 0 amide bonds. The Balaban J connectivity index is 3.21. The van der Waals surface area contributed by atoms with Gasteiger partial charge in [0.05, 0.1) is 11.8 Å². The second-order valence-electron chi connectivity index (χ2n) is 2.34. The smallest absolute Gasteiger partial charge is 0.173 e. The lowest BCUT2D eigenvalue weighted by Crippen LogP contribution is -2.14. The topological polar surface area (TPSA) is 71.8 Å². The number of rotatable bonds is 1. The maximum atomic E-state index is 8.38. The fraction of sp³-hybridized carbons (Fsp3) is 0.286. The molecule has 3 N–H and O–H groups in total. The van der Waals surface area contributed by atoms with Crippen molar-refractivity contribution in [2.45, 2.75) is 13.8 Å². The summed E-state index contributed by atoms with van der Waals surface area (Å²) in [6.07, 6.45) is 1.57. The van der Waals surface area contributed by atoms with Crippen LogP contribution in [0.3, 0.4) is 0 Å². The van der Waals surface area contributed by atoms with Crippen LogP contribution in [0.25, 0.3) is 0 Å². The van der Waals surface area contributed by atoms with Crippen LogP contribution in [0, 0.1) is 13.8 Å². The van der Waals surface area contributed by atoms with E-state index in [-0.39, 0.29) is 5.84 Å². The fourth-order valence-electron chi connectivity index (χ4n) is 1.00. The zero-order valence-corrected chi connectivity index (χ0v) is 6.46. The molecule has 0 aliphatic rings. The largest absolute Gasteiger partial charge is 0.469 e. The van der Waals surface area contributed by atoms with Gasteiger partial charge < -0.3 is 15.4 Å². The Morgan fingerprint density at radius 3 is 2.64 bits per heavy atom. The SMILES string of the molecule is Cc1coc(C)c1/C(N)=N\O. The van der Waals surface area contributed by atoms with E-state index in [9.17, 15) is 0 Å². The Labute approximate surface area is 64.3 Å². The van der Waals surface area contributed by atoms with Gasteiger partial charge in [-0.3, -0.25) is 0 Å². The van der Waals surface area contributed by atoms with Gasteiger partial charge in [0, 0.05) is 0 Å². The summed E-state index contributed by atoms with van der Waals surface area (Å²) in [5.74, 6) is 0.756. The van der Waals surface area contributed by atoms with Crippen LogP contribution >= 0.6 is 0 Å². The molecule has 0 fully saturated rings. The standard InChI is InChI=1S/C7H10N2O2/c1-4-3-11-5(2)6(4)7(8)9-10/h3,10H,1-2H3,(H2,8,9). The number of hydrogen-bond acceptors (Lipinski definition) is 3. The van der Waals surface area contributed by atoms with E-state index in [1.54, 1.807) is 13.2 Å². The Hall–Kier alpha value is -1.45. The van der Waals surface area contributed by atoms with E-state index in [2.05, 4.69) is 5.16 Å². The maximum Gasteiger partial charge on any atom is 0.173 e. The number of oxime groups is 1. The number of aryl methyl sites for hydroxylation is 2. The molecule has 4 heteroatoms. The predicted octanol–water partition coefficient (Wildman–Crippen LogP) is 0.991. The normalized spacial score (nSPS) is 12.0. The molecule has 1 aromatic rings. The monoisotopic (exact) mass is 154 g/mol. The predicted molar refractivity (Wildman–Crippen MR) is 40.7 cm³/mol. The van der Waals surface area contributed by atoms with Crippen molar-refractivity contribution in [3.8, 4) is 0 Å². The first-order valence-electron chi connectivity index (χ1n) is 3.19. The molecule has 0 aliphatic heterocycles. The van der Waals surface area contributed by atoms with Crippen molar-refractivity contribution in [2.24, 2.45) is 10.9 Å². The number of furan rings is 1. The van der Waals surface area contributed by atoms with Gasteiger partial charge in [-0.15, -0.1) is 0 Å². The molecule has 0 saturated heterocycles. The van der Waals surface area contributed by atoms with Gasteiger partial charge in [-0.05, 0) is 19.4 Å². The van der Waals surface area contributed by atoms with E-state index >= 15 is 0 Å². The van der Waals surface area contributed by atoms with Crippen molar-refractivity contribution >= 4 is 5.84 Å². The van der Waals surface area contributed by atoms with Gasteiger partial charge in [-0.2, -0.15) is 0 Å². The van der Waals surface area contributed by atoms with Crippen molar-refractivity contribution in [1.82, 2.24) is 0 Å². The maximum absolute atomic E-state index is 8.38. The molecule has 0 atom stereocenters. The first-order chi connectivity index (χ1) is 5.16. The molecule has 1 aromatic heterocycles. The third-order valence-electron chi connectivity index (χ3n) is 1.52. The lowest BCUT2D eigenvalue weighted by Gasteiger charge is -1.95. The van der Waals surface area contributed by atoms with Crippen molar-refractivity contribution in [2.75, 3.05) is 0 Å². The van der Waals surface area contributed by atoms with E-state index in [1.165, 1.54) is 0 Å². The highest BCUT2D eigenvalue weighted by Gasteiger charge is 2.10. The first-order valence-corrected chi connectivity index (χ1v) is 3.19. The third-order valence-corrected chi connectivity index (χ3v) is 1.52. The molecule has 0 unspecified atom stereocenters. The minimum absolute atomic E-state index is 0.0914. The molecule has 11 heavy (non-hydrogen) atoms. The molecule has 0 spiro atoms. The van der Waals surface area contributed by atoms with Crippen molar-refractivity contribution in [3.05, 3.63) is 23.2 Å². The van der Waals surface area contributed by atoms with E-state index in [4.69, 9.17) is 15.4 Å². The molecular formula is C7H10N2O2. The van der Waals surface area contributed by atoms with Crippen LogP contribution in [0.4, 0.5) is 0 Å². The quantitative estimate of drug-likeness (QED) is 0.274. The van der Waals surface area contributed by atoms with Crippen LogP contribution in [0.5, 0.6) is 0 Å². The van der Waals surface area contributed by atoms with Crippen LogP contribution in [0.15, 0.2) is 15.8 Å². The van der Waals surface area contributed by atoms with Crippen LogP contribution in [-0.2, 0) is 0 Å². The van der Waals surface area contributed by atoms with E-state index < -0.39 is 0 Å². The van der Waals surface area contributed by atoms with Crippen LogP contribution < -0.4 is 5.73 Å². The minimum atomic E-state index is 0.0914. The van der Waals surface area contributed by atoms with Gasteiger partial charge in [0.1, 0.15) is 5.76 Å². The molecular weight excluding hydrogens is 144 g/mol. The third kappa shape index (κ3) is 1.19. The van der Waals surface area contributed by atoms with E-state index in [0.29, 0.717) is 11.3 Å². The number of nitrogens with zero attached hydrogens (tertiary/aromatic N) is 1. The Kier molecular flexibility index (Phi) is 1.85. The van der Waals surface area contributed by atoms with Crippen molar-refractivity contribution in [1.29, 1.82) is 0 Å². The summed E-state index contributed by atoms with van der Waals surface area (Å²) < 4.78 is 5.05. The summed E-state index contributed by atoms with van der Waals surface area (Å²) in [6, 6.07) is 0. The Bertz CT molecular complexity index is 269. The number of amidine groups is 1. The highest BCUT2D eigenvalue weighted by atomic mass is 16.4. The summed E-state index contributed by atoms with van der Waals surface area (Å²) >= 11 is 0. The fourth-order valence-corrected chi connectivity index (χ4v) is 1.00. The first kappa shape index (κ1) is 7.65. The summed E-state index contributed by atoms with van der Waals surface area (Å²) in [7, 11) is 0. The Morgan fingerprint density at radius 1 is 1.64 bits per heavy atom. The average molecular weight is 154 g/mol. The lowest BCUT2D eigenvalue weighted by atomic mass is 10.1. The molecule has 0 aliphatic carbocycles. The number of hydrogen-bond donors (Lipinski definition) is 2. The summed E-state index contributed by atoms with van der Waals surface area (Å²) in [5, 5.41) is 11.3. The summed E-state index contributed by atoms with van der Waals surface area (Å²) in [4.78, 5) is 0. The lowest BCUT2D eigenvalue weighted by molar-refractivity contribution is 0.318. The minimum Gasteiger partial charge on any atom is -0.469 e. The number of nitrogens with two attached hydrogens (primary N) is 1. The highest BCUT2D eigenvalue weighted by molar-refractivity contribution is 5.99. The van der Waals surface area contributed by atoms with Gasteiger partial charge in [0.2, 0.25) is 0 Å². The van der Waals surface area contributed by atoms with Crippen LogP contribution in [0.2, 0.25) is 0 Å². The summed E-state index contributed by atoms with van der Waals surface area (Å²) in [6.45, 7) is 3.60. The van der Waals surface area contributed by atoms with Gasteiger partial charge >= 0.3 is 0 Å². The highest BCUT2D eigenvalue weighted by Crippen LogP contribution is 2.14. The van der Waals surface area contributed by atoms with Gasteiger partial charge in [0.25, 0.3) is 0 Å². The van der Waals surface area contributed by atoms with Gasteiger partial charge in [-0.1, -0.05) is 5.16 Å². The second kappa shape index (κ2) is 2.65. The van der Waals surface area contributed by atoms with Crippen molar-refractivity contribution < 1.29 is 9.62 Å². The summed E-state index contributed by atoms with van der Waals surface area (Å²) in [5.41, 5.74) is 6.93. The van der Waals surface area contributed by atoms with E-state index in [0.717, 1.165) is 5.56 Å². The average Bonchev–Trinajstić information content (AvgIpc) is 2.30. The molecule has 4 nitrogen and oxygen atoms in total. The zero-order chi connectivity index (χ0) is 8.43. The van der Waals surface area contributed by atoms with Gasteiger partial charge in [0.15, 0.2) is 5.84 Å². The Morgan fingerprint density at radius 2 is 2.27 bits per heavy atom. The molecule has 0 bridgehead atoms. The molecule has 1 rings (SSSR count).